The molecule has 170 valence electrons. The van der Waals surface area contributed by atoms with E-state index in [1.54, 1.807) is 46.9 Å². The van der Waals surface area contributed by atoms with Gasteiger partial charge in [0.15, 0.2) is 0 Å². The average Bonchev–Trinajstić information content (AvgIpc) is 2.78. The van der Waals surface area contributed by atoms with Gasteiger partial charge in [0.1, 0.15) is 5.82 Å². The summed E-state index contributed by atoms with van der Waals surface area (Å²) < 4.78 is 6.85. The van der Waals surface area contributed by atoms with E-state index in [1.165, 1.54) is 0 Å². The van der Waals surface area contributed by atoms with Crippen molar-refractivity contribution in [3.8, 4) is 0 Å². The van der Waals surface area contributed by atoms with Crippen LogP contribution in [0.4, 0.5) is 0 Å². The average molecular weight is 457 g/mol. The molecule has 0 radical (unpaired) electrons. The van der Waals surface area contributed by atoms with Crippen LogP contribution in [0, 0.1) is 0 Å². The second-order valence-corrected chi connectivity index (χ2v) is 8.36. The number of ether oxygens (including phenoxy) is 1. The van der Waals surface area contributed by atoms with E-state index in [-0.39, 0.29) is 11.5 Å². The lowest BCUT2D eigenvalue weighted by molar-refractivity contribution is 0.0663. The molecule has 7 nitrogen and oxygen atoms in total. The molecule has 0 fully saturated rings. The summed E-state index contributed by atoms with van der Waals surface area (Å²) in [5, 5.41) is 1.11. The van der Waals surface area contributed by atoms with Gasteiger partial charge in [-0.05, 0) is 57.4 Å². The quantitative estimate of drug-likeness (QED) is 0.493. The Morgan fingerprint density at radius 3 is 2.47 bits per heavy atom. The summed E-state index contributed by atoms with van der Waals surface area (Å²) in [6, 6.07) is 13.7. The van der Waals surface area contributed by atoms with Crippen LogP contribution in [-0.2, 0) is 11.3 Å². The van der Waals surface area contributed by atoms with Gasteiger partial charge < -0.3 is 14.5 Å². The number of likely N-dealkylation sites (N-methyl/N-ethyl adjacent to an activating group) is 1. The molecule has 1 unspecified atom stereocenters. The SMILES string of the molecule is COCCn1c(C(C)N(CCN(C)C)C(=O)c2ccc(Cl)cc2)nc2ccccc2c1=O. The third-order valence-electron chi connectivity index (χ3n) is 5.39. The van der Waals surface area contributed by atoms with Gasteiger partial charge in [-0.25, -0.2) is 4.98 Å². The second kappa shape index (κ2) is 10.7. The highest BCUT2D eigenvalue weighted by Gasteiger charge is 2.27. The third kappa shape index (κ3) is 5.35. The molecular weight excluding hydrogens is 428 g/mol. The van der Waals surface area contributed by atoms with E-state index in [2.05, 4.69) is 0 Å². The second-order valence-electron chi connectivity index (χ2n) is 7.92. The van der Waals surface area contributed by atoms with E-state index < -0.39 is 6.04 Å². The van der Waals surface area contributed by atoms with E-state index >= 15 is 0 Å². The Hall–Kier alpha value is -2.74. The van der Waals surface area contributed by atoms with Crippen LogP contribution in [0.2, 0.25) is 5.02 Å². The van der Waals surface area contributed by atoms with Crippen molar-refractivity contribution in [2.75, 3.05) is 40.9 Å². The van der Waals surface area contributed by atoms with Crippen LogP contribution < -0.4 is 5.56 Å². The normalized spacial score (nSPS) is 12.3. The van der Waals surface area contributed by atoms with Crippen molar-refractivity contribution in [3.63, 3.8) is 0 Å². The maximum absolute atomic E-state index is 13.5. The molecule has 1 amide bonds. The third-order valence-corrected chi connectivity index (χ3v) is 5.64. The molecule has 0 saturated heterocycles. The zero-order valence-electron chi connectivity index (χ0n) is 18.9. The number of hydrogen-bond acceptors (Lipinski definition) is 5. The first-order valence-electron chi connectivity index (χ1n) is 10.5. The van der Waals surface area contributed by atoms with Crippen LogP contribution in [0.25, 0.3) is 10.9 Å². The lowest BCUT2D eigenvalue weighted by Crippen LogP contribution is -2.41. The minimum atomic E-state index is -0.438. The standard InChI is InChI=1S/C24H29ClN4O3/c1-17(28(14-13-27(2)3)23(30)18-9-11-19(25)12-10-18)22-26-21-8-6-5-7-20(21)24(31)29(22)15-16-32-4/h5-12,17H,13-16H2,1-4H3. The summed E-state index contributed by atoms with van der Waals surface area (Å²) in [6.45, 7) is 3.76. The summed E-state index contributed by atoms with van der Waals surface area (Å²) in [5.74, 6) is 0.392. The predicted octanol–water partition coefficient (Wildman–Crippen LogP) is 3.46. The lowest BCUT2D eigenvalue weighted by atomic mass is 10.1. The molecule has 0 aliphatic rings. The van der Waals surface area contributed by atoms with Gasteiger partial charge in [-0.15, -0.1) is 0 Å². The number of methoxy groups -OCH3 is 1. The Bertz CT molecular complexity index is 1130. The number of para-hydroxylation sites is 1. The van der Waals surface area contributed by atoms with Crippen LogP contribution in [0.5, 0.6) is 0 Å². The van der Waals surface area contributed by atoms with Crippen molar-refractivity contribution in [3.05, 3.63) is 75.3 Å². The van der Waals surface area contributed by atoms with Crippen LogP contribution in [0.15, 0.2) is 53.3 Å². The van der Waals surface area contributed by atoms with Gasteiger partial charge in [0, 0.05) is 30.8 Å². The summed E-state index contributed by atoms with van der Waals surface area (Å²) in [5.41, 5.74) is 1.01. The molecule has 0 spiro atoms. The van der Waals surface area contributed by atoms with Crippen LogP contribution in [-0.4, -0.2) is 66.2 Å². The Labute approximate surface area is 193 Å². The predicted molar refractivity (Wildman–Crippen MR) is 127 cm³/mol. The fourth-order valence-corrected chi connectivity index (χ4v) is 3.71. The molecule has 8 heteroatoms. The van der Waals surface area contributed by atoms with Gasteiger partial charge in [-0.1, -0.05) is 23.7 Å². The van der Waals surface area contributed by atoms with Gasteiger partial charge in [0.25, 0.3) is 11.5 Å². The molecule has 1 atom stereocenters. The van der Waals surface area contributed by atoms with Crippen LogP contribution >= 0.6 is 11.6 Å². The first-order chi connectivity index (χ1) is 15.3. The molecule has 0 aliphatic carbocycles. The van der Waals surface area contributed by atoms with Crippen molar-refractivity contribution < 1.29 is 9.53 Å². The number of benzene rings is 2. The molecular formula is C24H29ClN4O3. The van der Waals surface area contributed by atoms with Gasteiger partial charge >= 0.3 is 0 Å². The fraction of sp³-hybridized carbons (Fsp3) is 0.375. The fourth-order valence-electron chi connectivity index (χ4n) is 3.58. The van der Waals surface area contributed by atoms with Crippen molar-refractivity contribution in [2.45, 2.75) is 19.5 Å². The van der Waals surface area contributed by atoms with E-state index in [0.717, 1.165) is 0 Å². The molecule has 1 aromatic heterocycles. The minimum absolute atomic E-state index is 0.138. The monoisotopic (exact) mass is 456 g/mol. The molecule has 0 N–H and O–H groups in total. The molecule has 1 heterocycles. The van der Waals surface area contributed by atoms with E-state index in [4.69, 9.17) is 21.3 Å². The van der Waals surface area contributed by atoms with Gasteiger partial charge in [-0.3, -0.25) is 14.2 Å². The number of halogens is 1. The number of rotatable bonds is 9. The number of hydrogen-bond donors (Lipinski definition) is 0. The Morgan fingerprint density at radius 2 is 1.81 bits per heavy atom. The number of carbonyl (C=O) groups excluding carboxylic acids is 1. The molecule has 3 aromatic rings. The van der Waals surface area contributed by atoms with Gasteiger partial charge in [0.2, 0.25) is 0 Å². The molecule has 0 aliphatic heterocycles. The summed E-state index contributed by atoms with van der Waals surface area (Å²) >= 11 is 6.01. The molecule has 0 bridgehead atoms. The summed E-state index contributed by atoms with van der Waals surface area (Å²) in [6.07, 6.45) is 0. The first kappa shape index (κ1) is 23.9. The highest BCUT2D eigenvalue weighted by molar-refractivity contribution is 6.30. The number of carbonyl (C=O) groups is 1. The van der Waals surface area contributed by atoms with Crippen molar-refractivity contribution >= 4 is 28.4 Å². The van der Waals surface area contributed by atoms with E-state index in [0.29, 0.717) is 53.6 Å². The van der Waals surface area contributed by atoms with Crippen molar-refractivity contribution in [1.82, 2.24) is 19.4 Å². The van der Waals surface area contributed by atoms with Crippen LogP contribution in [0.3, 0.4) is 0 Å². The largest absolute Gasteiger partial charge is 0.383 e. The smallest absolute Gasteiger partial charge is 0.261 e. The Balaban J connectivity index is 2.09. The Morgan fingerprint density at radius 1 is 1.12 bits per heavy atom. The summed E-state index contributed by atoms with van der Waals surface area (Å²) in [7, 11) is 5.51. The van der Waals surface area contributed by atoms with Crippen molar-refractivity contribution in [1.29, 1.82) is 0 Å². The zero-order valence-corrected chi connectivity index (χ0v) is 19.7. The molecule has 2 aromatic carbocycles. The Kier molecular flexibility index (Phi) is 8.01. The van der Waals surface area contributed by atoms with E-state index in [9.17, 15) is 9.59 Å². The number of fused-ring (bicyclic) bond motifs is 1. The highest BCUT2D eigenvalue weighted by Crippen LogP contribution is 2.23. The number of aromatic nitrogens is 2. The number of nitrogens with zero attached hydrogens (tertiary/aromatic N) is 4. The number of amides is 1. The molecule has 32 heavy (non-hydrogen) atoms. The molecule has 0 saturated carbocycles. The molecule has 3 rings (SSSR count). The maximum atomic E-state index is 13.5. The van der Waals surface area contributed by atoms with Gasteiger partial charge in [0.05, 0.1) is 30.1 Å². The maximum Gasteiger partial charge on any atom is 0.261 e. The zero-order chi connectivity index (χ0) is 23.3. The van der Waals surface area contributed by atoms with Crippen LogP contribution in [0.1, 0.15) is 29.1 Å². The summed E-state index contributed by atoms with van der Waals surface area (Å²) in [4.78, 5) is 35.3. The lowest BCUT2D eigenvalue weighted by Gasteiger charge is -2.31. The van der Waals surface area contributed by atoms with E-state index in [1.807, 2.05) is 44.1 Å². The van der Waals surface area contributed by atoms with Crippen molar-refractivity contribution in [2.24, 2.45) is 0 Å². The highest BCUT2D eigenvalue weighted by atomic mass is 35.5. The van der Waals surface area contributed by atoms with Gasteiger partial charge in [-0.2, -0.15) is 0 Å². The minimum Gasteiger partial charge on any atom is -0.383 e. The topological polar surface area (TPSA) is 67.7 Å². The first-order valence-corrected chi connectivity index (χ1v) is 10.9.